The molecule has 0 saturated heterocycles. The van der Waals surface area contributed by atoms with Gasteiger partial charge in [-0.3, -0.25) is 0 Å². The summed E-state index contributed by atoms with van der Waals surface area (Å²) in [6, 6.07) is 0.294. The maximum absolute atomic E-state index is 11.3. The molecule has 0 aromatic rings. The zero-order valence-corrected chi connectivity index (χ0v) is 9.10. The molecular formula is C10H19NO2. The van der Waals surface area contributed by atoms with Gasteiger partial charge in [0, 0.05) is 6.04 Å². The van der Waals surface area contributed by atoms with Gasteiger partial charge in [-0.2, -0.15) is 0 Å². The summed E-state index contributed by atoms with van der Waals surface area (Å²) in [5.41, 5.74) is -0.139. The Kier molecular flexibility index (Phi) is 2.30. The highest BCUT2D eigenvalue weighted by Crippen LogP contribution is 2.44. The van der Waals surface area contributed by atoms with E-state index in [1.807, 2.05) is 20.8 Å². The van der Waals surface area contributed by atoms with E-state index in [1.54, 1.807) is 0 Å². The van der Waals surface area contributed by atoms with Crippen LogP contribution in [0.15, 0.2) is 0 Å². The van der Waals surface area contributed by atoms with Crippen LogP contribution in [-0.2, 0) is 4.74 Å². The van der Waals surface area contributed by atoms with Crippen LogP contribution in [0.2, 0.25) is 0 Å². The lowest BCUT2D eigenvalue weighted by Crippen LogP contribution is -2.35. The molecule has 1 unspecified atom stereocenters. The number of alkyl carbamates (subject to hydrolysis) is 1. The molecule has 0 spiro atoms. The molecule has 3 heteroatoms. The molecule has 1 N–H and O–H groups in total. The van der Waals surface area contributed by atoms with Crippen molar-refractivity contribution in [3.63, 3.8) is 0 Å². The number of amides is 1. The zero-order valence-electron chi connectivity index (χ0n) is 9.10. The first kappa shape index (κ1) is 10.4. The predicted molar refractivity (Wildman–Crippen MR) is 51.6 cm³/mol. The molecule has 1 atom stereocenters. The van der Waals surface area contributed by atoms with Gasteiger partial charge in [0.25, 0.3) is 0 Å². The standard InChI is InChI=1S/C10H19NO2/c1-9(2,3)13-8(12)11-7-6-10(7,4)5/h7H,6H2,1-5H3,(H,11,12). The van der Waals surface area contributed by atoms with E-state index in [-0.39, 0.29) is 11.5 Å². The van der Waals surface area contributed by atoms with Crippen LogP contribution in [0.5, 0.6) is 0 Å². The van der Waals surface area contributed by atoms with E-state index in [2.05, 4.69) is 19.2 Å². The van der Waals surface area contributed by atoms with E-state index in [4.69, 9.17) is 4.74 Å². The monoisotopic (exact) mass is 185 g/mol. The minimum atomic E-state index is -0.400. The normalized spacial score (nSPS) is 25.2. The Hall–Kier alpha value is -0.730. The van der Waals surface area contributed by atoms with Gasteiger partial charge in [-0.15, -0.1) is 0 Å². The van der Waals surface area contributed by atoms with Gasteiger partial charge in [-0.25, -0.2) is 4.79 Å². The number of hydrogen-bond donors (Lipinski definition) is 1. The van der Waals surface area contributed by atoms with Gasteiger partial charge >= 0.3 is 6.09 Å². The van der Waals surface area contributed by atoms with E-state index < -0.39 is 5.60 Å². The van der Waals surface area contributed by atoms with Crippen LogP contribution in [0.25, 0.3) is 0 Å². The summed E-state index contributed by atoms with van der Waals surface area (Å²) in [6.07, 6.45) is 0.745. The molecule has 1 saturated carbocycles. The molecule has 0 radical (unpaired) electrons. The molecule has 0 bridgehead atoms. The average molecular weight is 185 g/mol. The van der Waals surface area contributed by atoms with Crippen LogP contribution in [0, 0.1) is 5.41 Å². The van der Waals surface area contributed by atoms with Crippen molar-refractivity contribution in [1.29, 1.82) is 0 Å². The van der Waals surface area contributed by atoms with Crippen molar-refractivity contribution >= 4 is 6.09 Å². The van der Waals surface area contributed by atoms with Crippen LogP contribution in [0.3, 0.4) is 0 Å². The summed E-state index contributed by atoms with van der Waals surface area (Å²) >= 11 is 0. The van der Waals surface area contributed by atoms with E-state index in [0.29, 0.717) is 6.04 Å². The lowest BCUT2D eigenvalue weighted by molar-refractivity contribution is 0.0517. The Morgan fingerprint density at radius 2 is 1.92 bits per heavy atom. The number of nitrogens with one attached hydrogen (secondary N) is 1. The highest BCUT2D eigenvalue weighted by atomic mass is 16.6. The van der Waals surface area contributed by atoms with Crippen molar-refractivity contribution in [2.75, 3.05) is 0 Å². The van der Waals surface area contributed by atoms with E-state index in [9.17, 15) is 4.79 Å². The maximum atomic E-state index is 11.3. The Morgan fingerprint density at radius 3 is 2.23 bits per heavy atom. The third-order valence-electron chi connectivity index (χ3n) is 2.20. The summed E-state index contributed by atoms with van der Waals surface area (Å²) in [7, 11) is 0. The molecule has 0 aromatic carbocycles. The van der Waals surface area contributed by atoms with Crippen LogP contribution >= 0.6 is 0 Å². The first-order valence-electron chi connectivity index (χ1n) is 4.70. The number of rotatable bonds is 1. The Labute approximate surface area is 79.8 Å². The van der Waals surface area contributed by atoms with E-state index >= 15 is 0 Å². The third kappa shape index (κ3) is 3.25. The van der Waals surface area contributed by atoms with Crippen molar-refractivity contribution in [2.24, 2.45) is 5.41 Å². The molecule has 1 rings (SSSR count). The molecule has 1 amide bonds. The Morgan fingerprint density at radius 1 is 1.46 bits per heavy atom. The van der Waals surface area contributed by atoms with Crippen molar-refractivity contribution in [3.8, 4) is 0 Å². The second-order valence-electron chi connectivity index (χ2n) is 5.39. The SMILES string of the molecule is CC(C)(C)OC(=O)NC1CC1(C)C. The molecule has 0 heterocycles. The van der Waals surface area contributed by atoms with Crippen molar-refractivity contribution in [2.45, 2.75) is 52.7 Å². The second kappa shape index (κ2) is 2.89. The lowest BCUT2D eigenvalue weighted by atomic mass is 10.2. The van der Waals surface area contributed by atoms with Crippen LogP contribution in [0.4, 0.5) is 4.79 Å². The molecule has 1 fully saturated rings. The molecule has 1 aliphatic carbocycles. The van der Waals surface area contributed by atoms with Gasteiger partial charge in [0.05, 0.1) is 0 Å². The number of ether oxygens (including phenoxy) is 1. The molecular weight excluding hydrogens is 166 g/mol. The highest BCUT2D eigenvalue weighted by molar-refractivity contribution is 5.68. The van der Waals surface area contributed by atoms with Gasteiger partial charge in [-0.05, 0) is 32.6 Å². The van der Waals surface area contributed by atoms with Crippen molar-refractivity contribution in [3.05, 3.63) is 0 Å². The smallest absolute Gasteiger partial charge is 0.407 e. The second-order valence-corrected chi connectivity index (χ2v) is 5.39. The summed E-state index contributed by atoms with van der Waals surface area (Å²) in [6.45, 7) is 9.87. The lowest BCUT2D eigenvalue weighted by Gasteiger charge is -2.20. The van der Waals surface area contributed by atoms with Crippen LogP contribution in [0.1, 0.15) is 41.0 Å². The first-order chi connectivity index (χ1) is 5.71. The summed E-state index contributed by atoms with van der Waals surface area (Å²) in [5.74, 6) is 0. The van der Waals surface area contributed by atoms with Crippen molar-refractivity contribution in [1.82, 2.24) is 5.32 Å². The van der Waals surface area contributed by atoms with Gasteiger partial charge in [0.15, 0.2) is 0 Å². The molecule has 13 heavy (non-hydrogen) atoms. The number of carbonyl (C=O) groups excluding carboxylic acids is 1. The Balaban J connectivity index is 2.28. The van der Waals surface area contributed by atoms with Gasteiger partial charge in [0.2, 0.25) is 0 Å². The summed E-state index contributed by atoms with van der Waals surface area (Å²) in [5, 5.41) is 2.84. The maximum Gasteiger partial charge on any atom is 0.407 e. The summed E-state index contributed by atoms with van der Waals surface area (Å²) < 4.78 is 5.13. The first-order valence-corrected chi connectivity index (χ1v) is 4.70. The fourth-order valence-corrected chi connectivity index (χ4v) is 1.16. The molecule has 0 aliphatic heterocycles. The molecule has 76 valence electrons. The number of carbonyl (C=O) groups is 1. The average Bonchev–Trinajstić information content (AvgIpc) is 2.32. The predicted octanol–water partition coefficient (Wildman–Crippen LogP) is 2.31. The quantitative estimate of drug-likeness (QED) is 0.680. The largest absolute Gasteiger partial charge is 0.444 e. The van der Waals surface area contributed by atoms with Gasteiger partial charge in [-0.1, -0.05) is 13.8 Å². The van der Waals surface area contributed by atoms with Crippen LogP contribution < -0.4 is 5.32 Å². The fourth-order valence-electron chi connectivity index (χ4n) is 1.16. The fraction of sp³-hybridized carbons (Fsp3) is 0.900. The number of hydrogen-bond acceptors (Lipinski definition) is 2. The molecule has 1 aliphatic rings. The Bertz CT molecular complexity index is 215. The van der Waals surface area contributed by atoms with E-state index in [0.717, 1.165) is 6.42 Å². The zero-order chi connectivity index (χ0) is 10.3. The minimum absolute atomic E-state index is 0.261. The third-order valence-corrected chi connectivity index (χ3v) is 2.20. The topological polar surface area (TPSA) is 38.3 Å². The highest BCUT2D eigenvalue weighted by Gasteiger charge is 2.47. The summed E-state index contributed by atoms with van der Waals surface area (Å²) in [4.78, 5) is 11.3. The van der Waals surface area contributed by atoms with Gasteiger partial charge < -0.3 is 10.1 Å². The minimum Gasteiger partial charge on any atom is -0.444 e. The van der Waals surface area contributed by atoms with Crippen molar-refractivity contribution < 1.29 is 9.53 Å². The van der Waals surface area contributed by atoms with Crippen LogP contribution in [-0.4, -0.2) is 17.7 Å². The van der Waals surface area contributed by atoms with Gasteiger partial charge in [0.1, 0.15) is 5.60 Å². The molecule has 0 aromatic heterocycles. The van der Waals surface area contributed by atoms with E-state index in [1.165, 1.54) is 0 Å². The molecule has 3 nitrogen and oxygen atoms in total.